The normalized spacial score (nSPS) is 12.3. The Balaban J connectivity index is 2.71. The summed E-state index contributed by atoms with van der Waals surface area (Å²) in [5, 5.41) is 0.667. The molecular weight excluding hydrogens is 325 g/mol. The zero-order valence-corrected chi connectivity index (χ0v) is 12.8. The van der Waals surface area contributed by atoms with Crippen LogP contribution < -0.4 is 0 Å². The van der Waals surface area contributed by atoms with Crippen molar-refractivity contribution in [2.24, 2.45) is 0 Å². The summed E-state index contributed by atoms with van der Waals surface area (Å²) in [6.45, 7) is 2.56. The average molecular weight is 339 g/mol. The maximum absolute atomic E-state index is 12.0. The number of halogens is 3. The number of carbonyl (C=O) groups is 1. The SMILES string of the molecule is CC(Cl)CCN(C)C(=O)c1ccc(Cl)c(Br)c1. The molecule has 1 unspecified atom stereocenters. The molecule has 1 rings (SSSR count). The van der Waals surface area contributed by atoms with Crippen molar-refractivity contribution in [1.29, 1.82) is 0 Å². The van der Waals surface area contributed by atoms with E-state index in [4.69, 9.17) is 23.2 Å². The van der Waals surface area contributed by atoms with Crippen molar-refractivity contribution < 1.29 is 4.79 Å². The Morgan fingerprint density at radius 3 is 2.71 bits per heavy atom. The van der Waals surface area contributed by atoms with Crippen LogP contribution in [0.3, 0.4) is 0 Å². The molecule has 0 spiro atoms. The van der Waals surface area contributed by atoms with Gasteiger partial charge in [-0.05, 0) is 47.5 Å². The third-order valence-electron chi connectivity index (χ3n) is 2.38. The molecule has 2 nitrogen and oxygen atoms in total. The average Bonchev–Trinajstić information content (AvgIpc) is 2.28. The molecule has 0 aliphatic rings. The first-order valence-corrected chi connectivity index (χ1v) is 6.87. The topological polar surface area (TPSA) is 20.3 Å². The predicted octanol–water partition coefficient (Wildman–Crippen LogP) is 4.19. The first-order chi connectivity index (χ1) is 7.91. The van der Waals surface area contributed by atoms with Crippen molar-refractivity contribution in [1.82, 2.24) is 4.90 Å². The summed E-state index contributed by atoms with van der Waals surface area (Å²) in [6, 6.07) is 5.15. The van der Waals surface area contributed by atoms with Crippen LogP contribution in [0.15, 0.2) is 22.7 Å². The molecule has 0 saturated carbocycles. The maximum Gasteiger partial charge on any atom is 0.253 e. The van der Waals surface area contributed by atoms with Crippen LogP contribution in [0.5, 0.6) is 0 Å². The Labute approximate surface area is 120 Å². The minimum atomic E-state index is -0.0281. The van der Waals surface area contributed by atoms with Crippen molar-refractivity contribution in [3.8, 4) is 0 Å². The summed E-state index contributed by atoms with van der Waals surface area (Å²) in [5.74, 6) is -0.0281. The molecule has 0 aliphatic heterocycles. The van der Waals surface area contributed by atoms with Gasteiger partial charge in [0.1, 0.15) is 0 Å². The van der Waals surface area contributed by atoms with Crippen LogP contribution in [0.1, 0.15) is 23.7 Å². The quantitative estimate of drug-likeness (QED) is 0.754. The fourth-order valence-electron chi connectivity index (χ4n) is 1.32. The third-order valence-corrected chi connectivity index (χ3v) is 3.81. The number of benzene rings is 1. The summed E-state index contributed by atoms with van der Waals surface area (Å²) in [7, 11) is 1.77. The van der Waals surface area contributed by atoms with Crippen LogP contribution in [-0.4, -0.2) is 29.8 Å². The van der Waals surface area contributed by atoms with E-state index < -0.39 is 0 Å². The molecular formula is C12H14BrCl2NO. The summed E-state index contributed by atoms with van der Waals surface area (Å²) < 4.78 is 0.726. The molecule has 1 atom stereocenters. The number of nitrogens with zero attached hydrogens (tertiary/aromatic N) is 1. The Morgan fingerprint density at radius 2 is 2.18 bits per heavy atom. The molecule has 1 aromatic rings. The monoisotopic (exact) mass is 337 g/mol. The van der Waals surface area contributed by atoms with E-state index in [0.29, 0.717) is 17.1 Å². The molecule has 0 bridgehead atoms. The van der Waals surface area contributed by atoms with Gasteiger partial charge in [0.2, 0.25) is 0 Å². The third kappa shape index (κ3) is 4.49. The van der Waals surface area contributed by atoms with E-state index >= 15 is 0 Å². The highest BCUT2D eigenvalue weighted by atomic mass is 79.9. The molecule has 0 aliphatic carbocycles. The van der Waals surface area contributed by atoms with Gasteiger partial charge in [0, 0.05) is 29.0 Å². The van der Waals surface area contributed by atoms with Crippen LogP contribution in [0.4, 0.5) is 0 Å². The largest absolute Gasteiger partial charge is 0.342 e. The summed E-state index contributed by atoms with van der Waals surface area (Å²) in [5.41, 5.74) is 0.617. The van der Waals surface area contributed by atoms with Gasteiger partial charge in [0.05, 0.1) is 5.02 Å². The van der Waals surface area contributed by atoms with Gasteiger partial charge in [-0.25, -0.2) is 0 Å². The minimum absolute atomic E-state index is 0.0281. The lowest BCUT2D eigenvalue weighted by molar-refractivity contribution is 0.0793. The molecule has 1 amide bonds. The van der Waals surface area contributed by atoms with E-state index in [9.17, 15) is 4.79 Å². The number of hydrogen-bond acceptors (Lipinski definition) is 1. The van der Waals surface area contributed by atoms with Crippen LogP contribution in [-0.2, 0) is 0 Å². The van der Waals surface area contributed by atoms with Gasteiger partial charge in [0.25, 0.3) is 5.91 Å². The molecule has 17 heavy (non-hydrogen) atoms. The number of amides is 1. The van der Waals surface area contributed by atoms with E-state index in [1.165, 1.54) is 0 Å². The second-order valence-electron chi connectivity index (χ2n) is 3.93. The summed E-state index contributed by atoms with van der Waals surface area (Å²) >= 11 is 15.0. The van der Waals surface area contributed by atoms with Crippen molar-refractivity contribution in [3.05, 3.63) is 33.3 Å². The predicted molar refractivity (Wildman–Crippen MR) is 76.0 cm³/mol. The first kappa shape index (κ1) is 14.8. The van der Waals surface area contributed by atoms with Gasteiger partial charge in [-0.1, -0.05) is 11.6 Å². The highest BCUT2D eigenvalue weighted by Crippen LogP contribution is 2.23. The van der Waals surface area contributed by atoms with E-state index in [2.05, 4.69) is 15.9 Å². The lowest BCUT2D eigenvalue weighted by Gasteiger charge is -2.18. The summed E-state index contributed by atoms with van der Waals surface area (Å²) in [4.78, 5) is 13.7. The zero-order valence-electron chi connectivity index (χ0n) is 9.71. The van der Waals surface area contributed by atoms with Crippen LogP contribution in [0, 0.1) is 0 Å². The molecule has 0 N–H and O–H groups in total. The van der Waals surface area contributed by atoms with Gasteiger partial charge >= 0.3 is 0 Å². The molecule has 94 valence electrons. The number of alkyl halides is 1. The van der Waals surface area contributed by atoms with E-state index in [-0.39, 0.29) is 11.3 Å². The second-order valence-corrected chi connectivity index (χ2v) is 5.93. The van der Waals surface area contributed by atoms with E-state index in [1.54, 1.807) is 30.1 Å². The molecule has 0 aromatic heterocycles. The second kappa shape index (κ2) is 6.62. The zero-order chi connectivity index (χ0) is 13.0. The lowest BCUT2D eigenvalue weighted by Crippen LogP contribution is -2.28. The first-order valence-electron chi connectivity index (χ1n) is 5.26. The molecule has 5 heteroatoms. The highest BCUT2D eigenvalue weighted by Gasteiger charge is 2.13. The highest BCUT2D eigenvalue weighted by molar-refractivity contribution is 9.10. The van der Waals surface area contributed by atoms with Gasteiger partial charge in [-0.15, -0.1) is 11.6 Å². The number of carbonyl (C=O) groups excluding carboxylic acids is 1. The Kier molecular flexibility index (Phi) is 5.77. The van der Waals surface area contributed by atoms with Crippen LogP contribution in [0.25, 0.3) is 0 Å². The number of hydrogen-bond donors (Lipinski definition) is 0. The Bertz CT molecular complexity index is 409. The van der Waals surface area contributed by atoms with Gasteiger partial charge in [0.15, 0.2) is 0 Å². The molecule has 0 radical (unpaired) electrons. The van der Waals surface area contributed by atoms with Gasteiger partial charge in [-0.3, -0.25) is 4.79 Å². The van der Waals surface area contributed by atoms with E-state index in [1.807, 2.05) is 6.92 Å². The van der Waals surface area contributed by atoms with Gasteiger partial charge in [-0.2, -0.15) is 0 Å². The Morgan fingerprint density at radius 1 is 1.53 bits per heavy atom. The number of rotatable bonds is 4. The molecule has 0 saturated heterocycles. The van der Waals surface area contributed by atoms with Crippen molar-refractivity contribution >= 4 is 45.0 Å². The molecule has 0 fully saturated rings. The molecule has 1 aromatic carbocycles. The maximum atomic E-state index is 12.0. The summed E-state index contributed by atoms with van der Waals surface area (Å²) in [6.07, 6.45) is 0.776. The van der Waals surface area contributed by atoms with Crippen molar-refractivity contribution in [2.75, 3.05) is 13.6 Å². The van der Waals surface area contributed by atoms with Crippen LogP contribution in [0.2, 0.25) is 5.02 Å². The van der Waals surface area contributed by atoms with Crippen molar-refractivity contribution in [3.63, 3.8) is 0 Å². The lowest BCUT2D eigenvalue weighted by atomic mass is 10.2. The van der Waals surface area contributed by atoms with Crippen molar-refractivity contribution in [2.45, 2.75) is 18.7 Å². The minimum Gasteiger partial charge on any atom is -0.342 e. The molecule has 0 heterocycles. The smallest absolute Gasteiger partial charge is 0.253 e. The van der Waals surface area contributed by atoms with Gasteiger partial charge < -0.3 is 4.90 Å². The standard InChI is InChI=1S/C12H14BrCl2NO/c1-8(14)5-6-16(2)12(17)9-3-4-11(15)10(13)7-9/h3-4,7-8H,5-6H2,1-2H3. The van der Waals surface area contributed by atoms with E-state index in [0.717, 1.165) is 10.9 Å². The van der Waals surface area contributed by atoms with Crippen LogP contribution >= 0.6 is 39.1 Å². The fraction of sp³-hybridized carbons (Fsp3) is 0.417. The fourth-order valence-corrected chi connectivity index (χ4v) is 1.92. The Hall–Kier alpha value is -0.250.